The first kappa shape index (κ1) is 14.2. The van der Waals surface area contributed by atoms with Crippen LogP contribution >= 0.6 is 0 Å². The van der Waals surface area contributed by atoms with Gasteiger partial charge in [0.1, 0.15) is 13.4 Å². The van der Waals surface area contributed by atoms with Crippen molar-refractivity contribution in [3.63, 3.8) is 0 Å². The van der Waals surface area contributed by atoms with Crippen molar-refractivity contribution < 1.29 is 4.57 Å². The van der Waals surface area contributed by atoms with Crippen molar-refractivity contribution in [1.29, 1.82) is 0 Å². The van der Waals surface area contributed by atoms with Crippen LogP contribution in [0.3, 0.4) is 0 Å². The number of para-hydroxylation sites is 1. The molecule has 0 spiro atoms. The molecule has 2 aromatic carbocycles. The van der Waals surface area contributed by atoms with Crippen LogP contribution in [0.5, 0.6) is 0 Å². The molecule has 5 rings (SSSR count). The number of hydrogen-bond acceptors (Lipinski definition) is 1. The third-order valence-electron chi connectivity index (χ3n) is 5.02. The van der Waals surface area contributed by atoms with Crippen LogP contribution in [0.1, 0.15) is 5.56 Å². The summed E-state index contributed by atoms with van der Waals surface area (Å²) in [6.45, 7) is 2.17. The van der Waals surface area contributed by atoms with Crippen LogP contribution in [0.15, 0.2) is 73.2 Å². The summed E-state index contributed by atoms with van der Waals surface area (Å²) in [5.41, 5.74) is 7.13. The van der Waals surface area contributed by atoms with E-state index in [1.54, 1.807) is 0 Å². The lowest BCUT2D eigenvalue weighted by molar-refractivity contribution is -0.660. The van der Waals surface area contributed by atoms with Gasteiger partial charge in [0.25, 0.3) is 0 Å². The van der Waals surface area contributed by atoms with Gasteiger partial charge < -0.3 is 0 Å². The van der Waals surface area contributed by atoms with E-state index in [9.17, 15) is 0 Å². The summed E-state index contributed by atoms with van der Waals surface area (Å²) in [6, 6.07) is 21.3. The fraction of sp³-hybridized carbons (Fsp3) is 0.0909. The van der Waals surface area contributed by atoms with E-state index in [1.807, 2.05) is 6.33 Å². The second kappa shape index (κ2) is 5.15. The van der Waals surface area contributed by atoms with Crippen LogP contribution in [0.25, 0.3) is 38.6 Å². The fourth-order valence-corrected chi connectivity index (χ4v) is 3.79. The Morgan fingerprint density at radius 1 is 0.920 bits per heavy atom. The molecule has 0 amide bonds. The molecule has 0 saturated heterocycles. The van der Waals surface area contributed by atoms with Gasteiger partial charge in [-0.05, 0) is 36.8 Å². The van der Waals surface area contributed by atoms with Crippen molar-refractivity contribution in [2.75, 3.05) is 0 Å². The molecule has 0 bridgehead atoms. The second-order valence-electron chi connectivity index (χ2n) is 6.55. The van der Waals surface area contributed by atoms with E-state index in [-0.39, 0.29) is 0 Å². The zero-order valence-corrected chi connectivity index (χ0v) is 14.3. The quantitative estimate of drug-likeness (QED) is 0.418. The lowest BCUT2D eigenvalue weighted by atomic mass is 9.98. The topological polar surface area (TPSA) is 21.2 Å². The van der Waals surface area contributed by atoms with Crippen molar-refractivity contribution in [3.05, 3.63) is 78.8 Å². The average Bonchev–Trinajstić information content (AvgIpc) is 3.01. The molecule has 0 aliphatic rings. The van der Waals surface area contributed by atoms with Gasteiger partial charge in [-0.2, -0.15) is 0 Å². The SMILES string of the molecule is Cc1ccc2ncn3c4ccccc4cc3c2c1-c1cccc[n+]1C. The first-order chi connectivity index (χ1) is 12.2. The molecule has 0 N–H and O–H groups in total. The molecule has 5 aromatic rings. The summed E-state index contributed by atoms with van der Waals surface area (Å²) >= 11 is 0. The monoisotopic (exact) mass is 324 g/mol. The van der Waals surface area contributed by atoms with Crippen molar-refractivity contribution in [2.24, 2.45) is 7.05 Å². The highest BCUT2D eigenvalue weighted by atomic mass is 15.0. The predicted molar refractivity (Wildman–Crippen MR) is 102 cm³/mol. The predicted octanol–water partition coefficient (Wildman–Crippen LogP) is 4.44. The fourth-order valence-electron chi connectivity index (χ4n) is 3.79. The Kier molecular flexibility index (Phi) is 2.92. The van der Waals surface area contributed by atoms with Crippen LogP contribution < -0.4 is 4.57 Å². The number of fused-ring (bicyclic) bond motifs is 5. The average molecular weight is 324 g/mol. The number of aromatic nitrogens is 3. The number of aryl methyl sites for hydroxylation is 2. The summed E-state index contributed by atoms with van der Waals surface area (Å²) < 4.78 is 4.37. The van der Waals surface area contributed by atoms with Crippen LogP contribution in [0.4, 0.5) is 0 Å². The molecule has 0 atom stereocenters. The van der Waals surface area contributed by atoms with Gasteiger partial charge in [-0.1, -0.05) is 24.3 Å². The third-order valence-corrected chi connectivity index (χ3v) is 5.02. The highest BCUT2D eigenvalue weighted by molar-refractivity contribution is 6.08. The van der Waals surface area contributed by atoms with Gasteiger partial charge in [0, 0.05) is 22.9 Å². The van der Waals surface area contributed by atoms with Gasteiger partial charge in [0.05, 0.1) is 22.1 Å². The standard InChI is InChI=1S/C22H18N3/c1-15-10-11-17-22(21(15)19-9-5-6-12-24(19)2)20-13-16-7-3-4-8-18(16)25(20)14-23-17/h3-14H,1-2H3/q+1. The van der Waals surface area contributed by atoms with E-state index in [2.05, 4.69) is 89.8 Å². The maximum absolute atomic E-state index is 4.74. The third kappa shape index (κ3) is 1.99. The van der Waals surface area contributed by atoms with Crippen LogP contribution in [-0.4, -0.2) is 9.38 Å². The number of pyridine rings is 1. The van der Waals surface area contributed by atoms with E-state index in [0.717, 1.165) is 5.52 Å². The van der Waals surface area contributed by atoms with Gasteiger partial charge in [-0.25, -0.2) is 9.55 Å². The smallest absolute Gasteiger partial charge is 0.213 e. The van der Waals surface area contributed by atoms with Crippen LogP contribution in [0, 0.1) is 6.92 Å². The maximum Gasteiger partial charge on any atom is 0.213 e. The Labute approximate surface area is 145 Å². The molecular weight excluding hydrogens is 306 g/mol. The van der Waals surface area contributed by atoms with Crippen molar-refractivity contribution in [2.45, 2.75) is 6.92 Å². The minimum Gasteiger partial charge on any atom is -0.300 e. The van der Waals surface area contributed by atoms with Crippen LogP contribution in [-0.2, 0) is 7.05 Å². The first-order valence-corrected chi connectivity index (χ1v) is 8.47. The number of benzene rings is 2. The van der Waals surface area contributed by atoms with Crippen LogP contribution in [0.2, 0.25) is 0 Å². The van der Waals surface area contributed by atoms with E-state index < -0.39 is 0 Å². The number of nitrogens with zero attached hydrogens (tertiary/aromatic N) is 3. The summed E-state index contributed by atoms with van der Waals surface area (Å²) in [4.78, 5) is 4.74. The van der Waals surface area contributed by atoms with Crippen molar-refractivity contribution >= 4 is 27.3 Å². The highest BCUT2D eigenvalue weighted by Crippen LogP contribution is 2.34. The molecule has 3 aromatic heterocycles. The molecule has 0 radical (unpaired) electrons. The Morgan fingerprint density at radius 2 is 1.76 bits per heavy atom. The Balaban J connectivity index is 2.03. The van der Waals surface area contributed by atoms with E-state index in [0.29, 0.717) is 0 Å². The van der Waals surface area contributed by atoms with Gasteiger partial charge in [0.15, 0.2) is 6.20 Å². The zero-order chi connectivity index (χ0) is 17.0. The molecule has 0 aliphatic heterocycles. The summed E-state index contributed by atoms with van der Waals surface area (Å²) in [5.74, 6) is 0. The van der Waals surface area contributed by atoms with E-state index in [1.165, 1.54) is 38.6 Å². The van der Waals surface area contributed by atoms with Crippen molar-refractivity contribution in [1.82, 2.24) is 9.38 Å². The highest BCUT2D eigenvalue weighted by Gasteiger charge is 2.18. The molecule has 25 heavy (non-hydrogen) atoms. The Bertz CT molecular complexity index is 1260. The molecule has 3 heterocycles. The normalized spacial score (nSPS) is 11.6. The van der Waals surface area contributed by atoms with Gasteiger partial charge in [-0.15, -0.1) is 0 Å². The first-order valence-electron chi connectivity index (χ1n) is 8.47. The van der Waals surface area contributed by atoms with Crippen molar-refractivity contribution in [3.8, 4) is 11.3 Å². The Hall–Kier alpha value is -3.20. The summed E-state index contributed by atoms with van der Waals surface area (Å²) in [6.07, 6.45) is 4.03. The molecule has 0 fully saturated rings. The minimum atomic E-state index is 1.03. The summed E-state index contributed by atoms with van der Waals surface area (Å²) in [7, 11) is 2.09. The van der Waals surface area contributed by atoms with E-state index >= 15 is 0 Å². The lowest BCUT2D eigenvalue weighted by Crippen LogP contribution is -2.30. The zero-order valence-electron chi connectivity index (χ0n) is 14.3. The molecule has 120 valence electrons. The minimum absolute atomic E-state index is 1.03. The largest absolute Gasteiger partial charge is 0.300 e. The number of hydrogen-bond donors (Lipinski definition) is 0. The van der Waals surface area contributed by atoms with Gasteiger partial charge in [-0.3, -0.25) is 4.40 Å². The van der Waals surface area contributed by atoms with Gasteiger partial charge >= 0.3 is 0 Å². The molecule has 0 unspecified atom stereocenters. The lowest BCUT2D eigenvalue weighted by Gasteiger charge is -2.10. The maximum atomic E-state index is 4.74. The molecule has 3 nitrogen and oxygen atoms in total. The Morgan fingerprint density at radius 3 is 2.64 bits per heavy atom. The van der Waals surface area contributed by atoms with Gasteiger partial charge in [0.2, 0.25) is 5.69 Å². The molecule has 3 heteroatoms. The molecule has 0 aliphatic carbocycles. The van der Waals surface area contributed by atoms with E-state index in [4.69, 9.17) is 4.98 Å². The molecular formula is C22H18N3+. The molecule has 0 saturated carbocycles. The second-order valence-corrected chi connectivity index (χ2v) is 6.55. The summed E-state index contributed by atoms with van der Waals surface area (Å²) in [5, 5.41) is 2.45. The number of rotatable bonds is 1.